The Hall–Kier alpha value is -1.67. The van der Waals surface area contributed by atoms with Crippen LogP contribution in [0.25, 0.3) is 0 Å². The molecule has 0 saturated carbocycles. The lowest BCUT2D eigenvalue weighted by Crippen LogP contribution is -2.34. The Balaban J connectivity index is 2.82. The fraction of sp³-hybridized carbons (Fsp3) is 0.364. The first-order valence-electron chi connectivity index (χ1n) is 5.07. The van der Waals surface area contributed by atoms with Crippen LogP contribution in [0.1, 0.15) is 30.1 Å². The fourth-order valence-electron chi connectivity index (χ4n) is 1.25. The van der Waals surface area contributed by atoms with Crippen molar-refractivity contribution in [1.29, 1.82) is 5.26 Å². The predicted molar refractivity (Wildman–Crippen MR) is 61.0 cm³/mol. The highest BCUT2D eigenvalue weighted by Gasteiger charge is 2.16. The summed E-state index contributed by atoms with van der Waals surface area (Å²) < 4.78 is 12.9. The summed E-state index contributed by atoms with van der Waals surface area (Å²) in [7, 11) is 0. The Morgan fingerprint density at radius 2 is 2.47 bits per heavy atom. The lowest BCUT2D eigenvalue weighted by molar-refractivity contribution is 0.0936. The number of nitrogens with one attached hydrogen (secondary N) is 1. The molecule has 1 N–H and O–H groups in total. The van der Waals surface area contributed by atoms with E-state index in [-0.39, 0.29) is 23.2 Å². The summed E-state index contributed by atoms with van der Waals surface area (Å²) >= 11 is 5.69. The van der Waals surface area contributed by atoms with Crippen molar-refractivity contribution in [2.75, 3.05) is 0 Å². The van der Waals surface area contributed by atoms with Gasteiger partial charge in [-0.15, -0.1) is 0 Å². The second kappa shape index (κ2) is 6.16. The molecule has 0 bridgehead atoms. The first-order valence-corrected chi connectivity index (χ1v) is 5.45. The highest BCUT2D eigenvalue weighted by molar-refractivity contribution is 6.32. The molecule has 1 rings (SSSR count). The van der Waals surface area contributed by atoms with Crippen LogP contribution < -0.4 is 5.32 Å². The summed E-state index contributed by atoms with van der Waals surface area (Å²) in [5.41, 5.74) is -0.0249. The van der Waals surface area contributed by atoms with Crippen LogP contribution in [0.3, 0.4) is 0 Å². The molecule has 1 heterocycles. The van der Waals surface area contributed by atoms with E-state index >= 15 is 0 Å². The molecule has 0 aliphatic carbocycles. The minimum Gasteiger partial charge on any atom is -0.348 e. The lowest BCUT2D eigenvalue weighted by atomic mass is 10.1. The molecule has 0 radical (unpaired) electrons. The van der Waals surface area contributed by atoms with Crippen molar-refractivity contribution in [2.24, 2.45) is 0 Å². The topological polar surface area (TPSA) is 65.8 Å². The molecule has 0 spiro atoms. The van der Waals surface area contributed by atoms with Crippen LogP contribution in [0.15, 0.2) is 12.3 Å². The first-order chi connectivity index (χ1) is 8.08. The van der Waals surface area contributed by atoms with Crippen molar-refractivity contribution in [2.45, 2.75) is 25.8 Å². The van der Waals surface area contributed by atoms with Crippen LogP contribution >= 0.6 is 11.6 Å². The van der Waals surface area contributed by atoms with E-state index in [1.54, 1.807) is 0 Å². The summed E-state index contributed by atoms with van der Waals surface area (Å²) in [4.78, 5) is 15.3. The van der Waals surface area contributed by atoms with Crippen molar-refractivity contribution in [3.8, 4) is 6.07 Å². The molecule has 0 aliphatic rings. The average molecular weight is 256 g/mol. The summed E-state index contributed by atoms with van der Waals surface area (Å²) in [5, 5.41) is 11.1. The summed E-state index contributed by atoms with van der Waals surface area (Å²) in [6, 6.07) is 2.71. The molecular weight excluding hydrogens is 245 g/mol. The van der Waals surface area contributed by atoms with Crippen LogP contribution in [0.5, 0.6) is 0 Å². The van der Waals surface area contributed by atoms with Crippen molar-refractivity contribution in [1.82, 2.24) is 10.3 Å². The second-order valence-electron chi connectivity index (χ2n) is 3.43. The Bertz CT molecular complexity index is 459. The zero-order valence-corrected chi connectivity index (χ0v) is 9.96. The maximum absolute atomic E-state index is 12.9. The number of carbonyl (C=O) groups is 1. The van der Waals surface area contributed by atoms with Gasteiger partial charge in [0.05, 0.1) is 24.3 Å². The number of aromatic nitrogens is 1. The van der Waals surface area contributed by atoms with E-state index in [2.05, 4.69) is 10.3 Å². The van der Waals surface area contributed by atoms with E-state index in [9.17, 15) is 9.18 Å². The Morgan fingerprint density at radius 1 is 1.76 bits per heavy atom. The summed E-state index contributed by atoms with van der Waals surface area (Å²) in [5.74, 6) is -1.16. The highest BCUT2D eigenvalue weighted by Crippen LogP contribution is 2.14. The van der Waals surface area contributed by atoms with E-state index in [0.29, 0.717) is 6.42 Å². The van der Waals surface area contributed by atoms with Gasteiger partial charge in [0.1, 0.15) is 11.0 Å². The number of nitriles is 1. The van der Waals surface area contributed by atoms with Crippen LogP contribution in [-0.2, 0) is 0 Å². The number of nitrogens with zero attached hydrogens (tertiary/aromatic N) is 2. The third-order valence-corrected chi connectivity index (χ3v) is 2.52. The number of carbonyl (C=O) groups excluding carboxylic acids is 1. The number of amides is 1. The third kappa shape index (κ3) is 3.68. The number of hydrogen-bond acceptors (Lipinski definition) is 3. The second-order valence-corrected chi connectivity index (χ2v) is 3.79. The molecule has 0 saturated heterocycles. The van der Waals surface area contributed by atoms with Crippen LogP contribution in [0.4, 0.5) is 4.39 Å². The van der Waals surface area contributed by atoms with E-state index in [0.717, 1.165) is 12.3 Å². The molecule has 0 aliphatic heterocycles. The van der Waals surface area contributed by atoms with Crippen molar-refractivity contribution < 1.29 is 9.18 Å². The third-order valence-electron chi connectivity index (χ3n) is 2.22. The number of pyridine rings is 1. The van der Waals surface area contributed by atoms with Gasteiger partial charge in [-0.05, 0) is 12.5 Å². The SMILES string of the molecule is CCC(CC#N)NC(=O)c1cc(F)cnc1Cl. The van der Waals surface area contributed by atoms with Crippen LogP contribution in [0.2, 0.25) is 5.15 Å². The molecule has 4 nitrogen and oxygen atoms in total. The lowest BCUT2D eigenvalue weighted by Gasteiger charge is -2.13. The molecule has 1 amide bonds. The van der Waals surface area contributed by atoms with Gasteiger partial charge in [0.15, 0.2) is 0 Å². The fourth-order valence-corrected chi connectivity index (χ4v) is 1.44. The smallest absolute Gasteiger partial charge is 0.254 e. The van der Waals surface area contributed by atoms with Crippen molar-refractivity contribution in [3.63, 3.8) is 0 Å². The van der Waals surface area contributed by atoms with Crippen LogP contribution in [-0.4, -0.2) is 16.9 Å². The van der Waals surface area contributed by atoms with Gasteiger partial charge in [0, 0.05) is 6.04 Å². The largest absolute Gasteiger partial charge is 0.348 e. The van der Waals surface area contributed by atoms with E-state index in [4.69, 9.17) is 16.9 Å². The first kappa shape index (κ1) is 13.4. The number of rotatable bonds is 4. The van der Waals surface area contributed by atoms with E-state index < -0.39 is 11.7 Å². The Morgan fingerprint density at radius 3 is 3.06 bits per heavy atom. The molecule has 17 heavy (non-hydrogen) atoms. The van der Waals surface area contributed by atoms with Gasteiger partial charge < -0.3 is 5.32 Å². The van der Waals surface area contributed by atoms with Gasteiger partial charge in [-0.3, -0.25) is 4.79 Å². The van der Waals surface area contributed by atoms with Gasteiger partial charge in [0.2, 0.25) is 0 Å². The van der Waals surface area contributed by atoms with E-state index in [1.807, 2.05) is 13.0 Å². The molecule has 1 unspecified atom stereocenters. The molecule has 1 aromatic heterocycles. The maximum atomic E-state index is 12.9. The number of halogens is 2. The normalized spacial score (nSPS) is 11.6. The Kier molecular flexibility index (Phi) is 4.85. The molecule has 90 valence electrons. The maximum Gasteiger partial charge on any atom is 0.254 e. The van der Waals surface area contributed by atoms with Crippen molar-refractivity contribution in [3.05, 3.63) is 28.8 Å². The predicted octanol–water partition coefficient (Wildman–Crippen LogP) is 2.30. The average Bonchev–Trinajstić information content (AvgIpc) is 2.31. The quantitative estimate of drug-likeness (QED) is 0.840. The minimum absolute atomic E-state index is 0.0249. The standard InChI is InChI=1S/C11H11ClFN3O/c1-2-8(3-4-14)16-11(17)9-5-7(13)6-15-10(9)12/h5-6,8H,2-3H2,1H3,(H,16,17). The molecule has 0 fully saturated rings. The van der Waals surface area contributed by atoms with Crippen molar-refractivity contribution >= 4 is 17.5 Å². The van der Waals surface area contributed by atoms with Gasteiger partial charge in [-0.25, -0.2) is 9.37 Å². The van der Waals surface area contributed by atoms with Crippen LogP contribution in [0, 0.1) is 17.1 Å². The molecule has 1 aromatic rings. The monoisotopic (exact) mass is 255 g/mol. The van der Waals surface area contributed by atoms with Gasteiger partial charge in [0.25, 0.3) is 5.91 Å². The summed E-state index contributed by atoms with van der Waals surface area (Å²) in [6.07, 6.45) is 1.74. The molecule has 1 atom stereocenters. The molecule has 0 aromatic carbocycles. The highest BCUT2D eigenvalue weighted by atomic mass is 35.5. The van der Waals surface area contributed by atoms with Gasteiger partial charge in [-0.1, -0.05) is 18.5 Å². The summed E-state index contributed by atoms with van der Waals surface area (Å²) in [6.45, 7) is 1.84. The Labute approximate surface area is 103 Å². The van der Waals surface area contributed by atoms with E-state index in [1.165, 1.54) is 0 Å². The molecule has 6 heteroatoms. The minimum atomic E-state index is -0.632. The zero-order chi connectivity index (χ0) is 12.8. The zero-order valence-electron chi connectivity index (χ0n) is 9.20. The molecular formula is C11H11ClFN3O. The number of hydrogen-bond donors (Lipinski definition) is 1. The van der Waals surface area contributed by atoms with Gasteiger partial charge >= 0.3 is 0 Å². The van der Waals surface area contributed by atoms with Gasteiger partial charge in [-0.2, -0.15) is 5.26 Å².